The van der Waals surface area contributed by atoms with E-state index in [2.05, 4.69) is 4.20 Å². The van der Waals surface area contributed by atoms with Gasteiger partial charge in [-0.15, -0.1) is 0 Å². The van der Waals surface area contributed by atoms with E-state index in [0.29, 0.717) is 6.42 Å². The van der Waals surface area contributed by atoms with Crippen molar-refractivity contribution in [1.82, 2.24) is 0 Å². The molecule has 0 radical (unpaired) electrons. The summed E-state index contributed by atoms with van der Waals surface area (Å²) in [7, 11) is 0. The Morgan fingerprint density at radius 1 is 1.78 bits per heavy atom. The Morgan fingerprint density at radius 3 is 2.67 bits per heavy atom. The minimum absolute atomic E-state index is 0.599. The molecular formula is C7H11MoO+. The molecule has 50 valence electrons. The van der Waals surface area contributed by atoms with Crippen molar-refractivity contribution in [2.45, 2.75) is 25.9 Å². The van der Waals surface area contributed by atoms with Crippen LogP contribution in [0.4, 0.5) is 0 Å². The summed E-state index contributed by atoms with van der Waals surface area (Å²) in [6.07, 6.45) is 4.21. The van der Waals surface area contributed by atoms with Crippen LogP contribution in [0.2, 0.25) is 0 Å². The summed E-state index contributed by atoms with van der Waals surface area (Å²) >= 11 is 1.75. The van der Waals surface area contributed by atoms with Crippen LogP contribution in [0, 0.1) is 4.20 Å². The maximum absolute atomic E-state index is 9.37. The van der Waals surface area contributed by atoms with Crippen LogP contribution in [0.25, 0.3) is 0 Å². The van der Waals surface area contributed by atoms with E-state index in [1.165, 1.54) is 0 Å². The predicted molar refractivity (Wildman–Crippen MR) is 33.9 cm³/mol. The molecule has 2 heteroatoms. The average molecular weight is 207 g/mol. The number of aliphatic hydroxyl groups is 1. The van der Waals surface area contributed by atoms with Crippen molar-refractivity contribution >= 4 is 0 Å². The second kappa shape index (κ2) is 4.06. The monoisotopic (exact) mass is 209 g/mol. The van der Waals surface area contributed by atoms with Gasteiger partial charge in [-0.1, -0.05) is 0 Å². The molecule has 0 rings (SSSR count). The summed E-state index contributed by atoms with van der Waals surface area (Å²) < 4.78 is 2.90. The molecule has 0 aromatic carbocycles. The summed E-state index contributed by atoms with van der Waals surface area (Å²) in [4.78, 5) is 0. The molecule has 1 atom stereocenters. The molecule has 0 amide bonds. The van der Waals surface area contributed by atoms with Crippen molar-refractivity contribution in [1.29, 1.82) is 0 Å². The zero-order valence-electron chi connectivity index (χ0n) is 5.72. The van der Waals surface area contributed by atoms with Crippen LogP contribution in [-0.2, 0) is 19.2 Å². The van der Waals surface area contributed by atoms with Gasteiger partial charge in [-0.2, -0.15) is 0 Å². The number of allylic oxidation sites excluding steroid dienone is 1. The van der Waals surface area contributed by atoms with Gasteiger partial charge in [-0.3, -0.25) is 0 Å². The quantitative estimate of drug-likeness (QED) is 0.533. The molecule has 0 heterocycles. The molecule has 0 fully saturated rings. The van der Waals surface area contributed by atoms with Gasteiger partial charge in [0.15, 0.2) is 0 Å². The van der Waals surface area contributed by atoms with Crippen LogP contribution in [-0.4, -0.2) is 10.7 Å². The summed E-state index contributed by atoms with van der Waals surface area (Å²) in [6.45, 7) is 3.66. The molecule has 0 aliphatic rings. The fourth-order valence-electron chi connectivity index (χ4n) is 0.564. The Hall–Kier alpha value is 0.168. The topological polar surface area (TPSA) is 20.2 Å². The standard InChI is InChI=1S/C7H11O.Mo/c1-4-6-7(3,8)5-2;/h4,6,8H,5H2,1,3H3;/q;+1/b6-4+;. The Kier molecular flexibility index (Phi) is 4.14. The van der Waals surface area contributed by atoms with Crippen molar-refractivity contribution in [3.05, 3.63) is 12.2 Å². The molecule has 0 bridgehead atoms. The Morgan fingerprint density at radius 2 is 2.33 bits per heavy atom. The number of hydrogen-bond acceptors (Lipinski definition) is 1. The van der Waals surface area contributed by atoms with Gasteiger partial charge in [0.1, 0.15) is 0 Å². The first kappa shape index (κ1) is 9.17. The van der Waals surface area contributed by atoms with Crippen LogP contribution < -0.4 is 0 Å². The molecule has 0 aromatic heterocycles. The van der Waals surface area contributed by atoms with E-state index in [9.17, 15) is 5.11 Å². The number of rotatable bonds is 2. The van der Waals surface area contributed by atoms with Crippen LogP contribution in [0.5, 0.6) is 0 Å². The van der Waals surface area contributed by atoms with Crippen LogP contribution in [0.1, 0.15) is 20.3 Å². The van der Waals surface area contributed by atoms with Gasteiger partial charge in [0.25, 0.3) is 0 Å². The fourth-order valence-corrected chi connectivity index (χ4v) is 1.28. The SMILES string of the molecule is C/C=C/C(C)(O)C[C]#[Mo+]. The minimum atomic E-state index is -0.688. The van der Waals surface area contributed by atoms with E-state index >= 15 is 0 Å². The van der Waals surface area contributed by atoms with Gasteiger partial charge >= 0.3 is 66.5 Å². The second-order valence-corrected chi connectivity index (χ2v) is 2.89. The molecule has 0 saturated carbocycles. The van der Waals surface area contributed by atoms with E-state index < -0.39 is 5.60 Å². The van der Waals surface area contributed by atoms with Crippen molar-refractivity contribution in [2.75, 3.05) is 0 Å². The molecule has 0 aromatic rings. The fraction of sp³-hybridized carbons (Fsp3) is 0.571. The van der Waals surface area contributed by atoms with Crippen molar-refractivity contribution in [3.8, 4) is 4.20 Å². The molecule has 0 aliphatic heterocycles. The van der Waals surface area contributed by atoms with Gasteiger partial charge in [-0.25, -0.2) is 0 Å². The first-order chi connectivity index (χ1) is 4.12. The van der Waals surface area contributed by atoms with Crippen molar-refractivity contribution in [2.24, 2.45) is 0 Å². The molecular weight excluding hydrogens is 196 g/mol. The van der Waals surface area contributed by atoms with E-state index in [4.69, 9.17) is 0 Å². The average Bonchev–Trinajstić information content (AvgIpc) is 1.64. The van der Waals surface area contributed by atoms with E-state index in [1.807, 2.05) is 13.0 Å². The van der Waals surface area contributed by atoms with E-state index in [1.54, 1.807) is 32.2 Å². The molecule has 0 spiro atoms. The van der Waals surface area contributed by atoms with Crippen molar-refractivity contribution in [3.63, 3.8) is 0 Å². The number of hydrogen-bond donors (Lipinski definition) is 1. The predicted octanol–water partition coefficient (Wildman–Crippen LogP) is 1.21. The third-order valence-electron chi connectivity index (χ3n) is 0.956. The Bertz CT molecular complexity index is 141. The molecule has 1 N–H and O–H groups in total. The summed E-state index contributed by atoms with van der Waals surface area (Å²) in [5.74, 6) is 0. The van der Waals surface area contributed by atoms with Gasteiger partial charge in [-0.05, 0) is 0 Å². The normalized spacial score (nSPS) is 17.1. The zero-order valence-corrected chi connectivity index (χ0v) is 7.72. The molecule has 9 heavy (non-hydrogen) atoms. The molecule has 0 aliphatic carbocycles. The summed E-state index contributed by atoms with van der Waals surface area (Å²) in [5, 5.41) is 9.37. The van der Waals surface area contributed by atoms with Gasteiger partial charge in [0, 0.05) is 0 Å². The second-order valence-electron chi connectivity index (χ2n) is 2.18. The Balaban J connectivity index is 3.89. The molecule has 1 unspecified atom stereocenters. The molecule has 1 nitrogen and oxygen atoms in total. The van der Waals surface area contributed by atoms with Crippen LogP contribution in [0.3, 0.4) is 0 Å². The maximum atomic E-state index is 9.37. The summed E-state index contributed by atoms with van der Waals surface area (Å²) in [5.41, 5.74) is -0.688. The Labute approximate surface area is 66.8 Å². The van der Waals surface area contributed by atoms with Crippen LogP contribution >= 0.6 is 0 Å². The molecule has 0 saturated heterocycles. The van der Waals surface area contributed by atoms with Gasteiger partial charge < -0.3 is 0 Å². The van der Waals surface area contributed by atoms with Crippen LogP contribution in [0.15, 0.2) is 12.2 Å². The van der Waals surface area contributed by atoms with Crippen molar-refractivity contribution < 1.29 is 24.3 Å². The first-order valence-electron chi connectivity index (χ1n) is 2.83. The third-order valence-corrected chi connectivity index (χ3v) is 1.31. The van der Waals surface area contributed by atoms with E-state index in [0.717, 1.165) is 0 Å². The first-order valence-corrected chi connectivity index (χ1v) is 3.84. The van der Waals surface area contributed by atoms with Gasteiger partial charge in [0.05, 0.1) is 0 Å². The van der Waals surface area contributed by atoms with E-state index in [-0.39, 0.29) is 0 Å². The van der Waals surface area contributed by atoms with Gasteiger partial charge in [0.2, 0.25) is 0 Å². The third kappa shape index (κ3) is 4.66. The summed E-state index contributed by atoms with van der Waals surface area (Å²) in [6, 6.07) is 0. The zero-order chi connectivity index (χ0) is 7.33.